The maximum Gasteiger partial charge on any atom is 0.138 e. The number of benzene rings is 1. The first-order chi connectivity index (χ1) is 5.66. The van der Waals surface area contributed by atoms with E-state index in [1.54, 1.807) is 0 Å². The molecule has 0 aromatic heterocycles. The van der Waals surface area contributed by atoms with Gasteiger partial charge in [0, 0.05) is 4.90 Å². The van der Waals surface area contributed by atoms with Crippen LogP contribution in [0.15, 0.2) is 17.0 Å². The van der Waals surface area contributed by atoms with Gasteiger partial charge in [0.05, 0.1) is 0 Å². The number of nitrogens with zero attached hydrogens (tertiary/aromatic N) is 1. The summed E-state index contributed by atoms with van der Waals surface area (Å²) < 4.78 is 0. The second kappa shape index (κ2) is 3.64. The van der Waals surface area contributed by atoms with Crippen molar-refractivity contribution >= 4 is 11.8 Å². The Bertz CT molecular complexity index is 336. The molecule has 0 aliphatic rings. The van der Waals surface area contributed by atoms with Gasteiger partial charge in [-0.2, -0.15) is 5.26 Å². The van der Waals surface area contributed by atoms with Crippen molar-refractivity contribution in [1.82, 2.24) is 0 Å². The van der Waals surface area contributed by atoms with Crippen LogP contribution in [0.2, 0.25) is 0 Å². The van der Waals surface area contributed by atoms with Crippen LogP contribution in [-0.4, -0.2) is 0 Å². The molecular formula is C10H11NS. The SMILES string of the molecule is Cc1ccc(C)c(SC#N)c1C. The van der Waals surface area contributed by atoms with Crippen molar-refractivity contribution in [3.05, 3.63) is 28.8 Å². The molecule has 1 nitrogen and oxygen atoms in total. The molecule has 0 saturated heterocycles. The van der Waals surface area contributed by atoms with E-state index in [1.807, 2.05) is 6.92 Å². The number of thiocyanates is 1. The fraction of sp³-hybridized carbons (Fsp3) is 0.300. The van der Waals surface area contributed by atoms with Crippen molar-refractivity contribution in [2.75, 3.05) is 0 Å². The van der Waals surface area contributed by atoms with Crippen LogP contribution in [-0.2, 0) is 0 Å². The molecule has 0 fully saturated rings. The van der Waals surface area contributed by atoms with E-state index in [2.05, 4.69) is 31.4 Å². The third-order valence-corrected chi connectivity index (χ3v) is 2.94. The standard InChI is InChI=1S/C10H11NS/c1-7-4-5-8(2)10(9(7)3)12-6-11/h4-5H,1-3H3. The largest absolute Gasteiger partial charge is 0.185 e. The first-order valence-corrected chi connectivity index (χ1v) is 4.61. The number of thioether (sulfide) groups is 1. The van der Waals surface area contributed by atoms with Crippen LogP contribution in [0, 0.1) is 31.4 Å². The number of hydrogen-bond donors (Lipinski definition) is 0. The second-order valence-electron chi connectivity index (χ2n) is 2.85. The Labute approximate surface area is 77.4 Å². The summed E-state index contributed by atoms with van der Waals surface area (Å²) in [5.41, 5.74) is 3.66. The zero-order valence-corrected chi connectivity index (χ0v) is 8.33. The lowest BCUT2D eigenvalue weighted by Crippen LogP contribution is -1.87. The molecule has 0 spiro atoms. The molecule has 0 bridgehead atoms. The summed E-state index contributed by atoms with van der Waals surface area (Å²) in [5.74, 6) is 0. The summed E-state index contributed by atoms with van der Waals surface area (Å²) >= 11 is 1.25. The van der Waals surface area contributed by atoms with Gasteiger partial charge in [-0.15, -0.1) is 0 Å². The Kier molecular flexibility index (Phi) is 2.78. The second-order valence-corrected chi connectivity index (χ2v) is 3.64. The summed E-state index contributed by atoms with van der Waals surface area (Å²) in [7, 11) is 0. The Hall–Kier alpha value is -0.940. The van der Waals surface area contributed by atoms with E-state index < -0.39 is 0 Å². The third-order valence-electron chi connectivity index (χ3n) is 2.02. The summed E-state index contributed by atoms with van der Waals surface area (Å²) in [5, 5.41) is 10.7. The molecule has 12 heavy (non-hydrogen) atoms. The van der Waals surface area contributed by atoms with Crippen LogP contribution in [0.3, 0.4) is 0 Å². The lowest BCUT2D eigenvalue weighted by atomic mass is 10.1. The van der Waals surface area contributed by atoms with Crippen molar-refractivity contribution in [2.45, 2.75) is 25.7 Å². The maximum atomic E-state index is 8.57. The van der Waals surface area contributed by atoms with Crippen molar-refractivity contribution in [1.29, 1.82) is 5.26 Å². The number of aryl methyl sites for hydroxylation is 2. The van der Waals surface area contributed by atoms with Crippen molar-refractivity contribution < 1.29 is 0 Å². The molecule has 0 atom stereocenters. The highest BCUT2D eigenvalue weighted by molar-refractivity contribution is 8.03. The van der Waals surface area contributed by atoms with Gasteiger partial charge in [-0.05, 0) is 49.2 Å². The molecule has 0 aliphatic carbocycles. The predicted octanol–water partition coefficient (Wildman–Crippen LogP) is 3.19. The van der Waals surface area contributed by atoms with E-state index in [4.69, 9.17) is 5.26 Å². The average Bonchev–Trinajstić information content (AvgIpc) is 2.06. The minimum absolute atomic E-state index is 1.11. The molecule has 1 aromatic carbocycles. The number of rotatable bonds is 1. The Morgan fingerprint density at radius 2 is 1.75 bits per heavy atom. The Balaban J connectivity index is 3.25. The zero-order valence-electron chi connectivity index (χ0n) is 7.51. The van der Waals surface area contributed by atoms with Crippen LogP contribution in [0.25, 0.3) is 0 Å². The highest BCUT2D eigenvalue weighted by atomic mass is 32.2. The molecule has 0 heterocycles. The number of hydrogen-bond acceptors (Lipinski definition) is 2. The van der Waals surface area contributed by atoms with Crippen molar-refractivity contribution in [3.63, 3.8) is 0 Å². The molecule has 2 heteroatoms. The van der Waals surface area contributed by atoms with E-state index in [-0.39, 0.29) is 0 Å². The van der Waals surface area contributed by atoms with Gasteiger partial charge in [-0.3, -0.25) is 0 Å². The summed E-state index contributed by atoms with van der Waals surface area (Å²) in [6.07, 6.45) is 0. The summed E-state index contributed by atoms with van der Waals surface area (Å²) in [4.78, 5) is 1.11. The Morgan fingerprint density at radius 3 is 2.33 bits per heavy atom. The monoisotopic (exact) mass is 177 g/mol. The molecule has 1 aromatic rings. The van der Waals surface area contributed by atoms with Crippen LogP contribution in [0.4, 0.5) is 0 Å². The fourth-order valence-corrected chi connectivity index (χ4v) is 1.76. The van der Waals surface area contributed by atoms with Crippen molar-refractivity contribution in [3.8, 4) is 5.40 Å². The molecule has 0 aliphatic heterocycles. The smallest absolute Gasteiger partial charge is 0.138 e. The summed E-state index contributed by atoms with van der Waals surface area (Å²) in [6.45, 7) is 6.16. The minimum Gasteiger partial charge on any atom is -0.185 e. The zero-order chi connectivity index (χ0) is 9.14. The molecule has 1 rings (SSSR count). The van der Waals surface area contributed by atoms with E-state index in [0.29, 0.717) is 0 Å². The van der Waals surface area contributed by atoms with E-state index in [9.17, 15) is 0 Å². The molecule has 0 amide bonds. The third kappa shape index (κ3) is 1.62. The quantitative estimate of drug-likeness (QED) is 0.486. The van der Waals surface area contributed by atoms with Crippen LogP contribution < -0.4 is 0 Å². The van der Waals surface area contributed by atoms with Gasteiger partial charge in [0.1, 0.15) is 5.40 Å². The van der Waals surface area contributed by atoms with Gasteiger partial charge in [0.2, 0.25) is 0 Å². The van der Waals surface area contributed by atoms with Crippen LogP contribution in [0.1, 0.15) is 16.7 Å². The fourth-order valence-electron chi connectivity index (χ4n) is 1.13. The van der Waals surface area contributed by atoms with Gasteiger partial charge in [-0.1, -0.05) is 12.1 Å². The molecular weight excluding hydrogens is 166 g/mol. The first kappa shape index (κ1) is 9.15. The minimum atomic E-state index is 1.11. The van der Waals surface area contributed by atoms with Gasteiger partial charge in [0.15, 0.2) is 0 Å². The van der Waals surface area contributed by atoms with Gasteiger partial charge < -0.3 is 0 Å². The Morgan fingerprint density at radius 1 is 1.17 bits per heavy atom. The van der Waals surface area contributed by atoms with Crippen molar-refractivity contribution in [2.24, 2.45) is 0 Å². The topological polar surface area (TPSA) is 23.8 Å². The van der Waals surface area contributed by atoms with E-state index >= 15 is 0 Å². The molecule has 0 unspecified atom stereocenters. The summed E-state index contributed by atoms with van der Waals surface area (Å²) in [6, 6.07) is 4.15. The molecule has 0 saturated carbocycles. The molecule has 0 radical (unpaired) electrons. The number of nitriles is 1. The van der Waals surface area contributed by atoms with Gasteiger partial charge in [-0.25, -0.2) is 0 Å². The van der Waals surface area contributed by atoms with E-state index in [1.165, 1.54) is 28.5 Å². The highest BCUT2D eigenvalue weighted by Gasteiger charge is 2.04. The first-order valence-electron chi connectivity index (χ1n) is 3.79. The maximum absolute atomic E-state index is 8.57. The molecule has 0 N–H and O–H groups in total. The highest BCUT2D eigenvalue weighted by Crippen LogP contribution is 2.27. The van der Waals surface area contributed by atoms with E-state index in [0.717, 1.165) is 4.90 Å². The van der Waals surface area contributed by atoms with Crippen LogP contribution in [0.5, 0.6) is 0 Å². The van der Waals surface area contributed by atoms with Gasteiger partial charge >= 0.3 is 0 Å². The van der Waals surface area contributed by atoms with Gasteiger partial charge in [0.25, 0.3) is 0 Å². The van der Waals surface area contributed by atoms with Crippen LogP contribution >= 0.6 is 11.8 Å². The molecule has 62 valence electrons. The predicted molar refractivity (Wildman–Crippen MR) is 52.1 cm³/mol. The lowest BCUT2D eigenvalue weighted by molar-refractivity contribution is 1.17. The lowest BCUT2D eigenvalue weighted by Gasteiger charge is -2.07. The normalized spacial score (nSPS) is 9.50. The average molecular weight is 177 g/mol.